The average molecular weight is 308 g/mol. The molecule has 0 fully saturated rings. The summed E-state index contributed by atoms with van der Waals surface area (Å²) in [5, 5.41) is 6.59. The van der Waals surface area contributed by atoms with Crippen molar-refractivity contribution >= 4 is 17.3 Å². The van der Waals surface area contributed by atoms with Crippen LogP contribution in [0.5, 0.6) is 0 Å². The van der Waals surface area contributed by atoms with Crippen LogP contribution in [0.4, 0.5) is 23.2 Å². The molecule has 2 rings (SSSR count). The number of aryl methyl sites for hydroxylation is 2. The van der Waals surface area contributed by atoms with Crippen molar-refractivity contribution in [2.24, 2.45) is 7.05 Å². The van der Waals surface area contributed by atoms with E-state index in [1.54, 1.807) is 14.0 Å². The fourth-order valence-electron chi connectivity index (χ4n) is 1.78. The lowest BCUT2D eigenvalue weighted by atomic mass is 10.2. The summed E-state index contributed by atoms with van der Waals surface area (Å²) in [7, 11) is 1.60. The summed E-state index contributed by atoms with van der Waals surface area (Å²) in [6.45, 7) is 1.54. The summed E-state index contributed by atoms with van der Waals surface area (Å²) >= 11 is 5.95. The second-order valence-corrected chi connectivity index (χ2v) is 4.53. The van der Waals surface area contributed by atoms with Crippen LogP contribution in [0.1, 0.15) is 11.3 Å². The monoisotopic (exact) mass is 307 g/mol. The Morgan fingerprint density at radius 2 is 1.75 bits per heavy atom. The molecule has 0 unspecified atom stereocenters. The van der Waals surface area contributed by atoms with Crippen molar-refractivity contribution in [2.45, 2.75) is 13.5 Å². The van der Waals surface area contributed by atoms with Gasteiger partial charge in [0.05, 0.1) is 5.69 Å². The molecule has 0 aliphatic carbocycles. The van der Waals surface area contributed by atoms with Crippen LogP contribution < -0.4 is 5.32 Å². The highest BCUT2D eigenvalue weighted by molar-refractivity contribution is 6.30. The summed E-state index contributed by atoms with van der Waals surface area (Å²) in [6.07, 6.45) is 0. The van der Waals surface area contributed by atoms with Crippen LogP contribution in [0.3, 0.4) is 0 Å². The van der Waals surface area contributed by atoms with Crippen molar-refractivity contribution in [2.75, 3.05) is 5.32 Å². The van der Waals surface area contributed by atoms with Crippen LogP contribution in [0.25, 0.3) is 0 Å². The smallest absolute Gasteiger partial charge is 0.185 e. The first kappa shape index (κ1) is 14.6. The Kier molecular flexibility index (Phi) is 3.89. The van der Waals surface area contributed by atoms with Gasteiger partial charge in [0.25, 0.3) is 0 Å². The van der Waals surface area contributed by atoms with Gasteiger partial charge in [0.1, 0.15) is 10.8 Å². The van der Waals surface area contributed by atoms with Gasteiger partial charge in [0.2, 0.25) is 0 Å². The van der Waals surface area contributed by atoms with E-state index in [2.05, 4.69) is 10.4 Å². The molecular weight excluding hydrogens is 298 g/mol. The molecule has 1 aromatic heterocycles. The fourth-order valence-corrected chi connectivity index (χ4v) is 2.02. The third-order valence-corrected chi connectivity index (χ3v) is 3.30. The highest BCUT2D eigenvalue weighted by Crippen LogP contribution is 2.26. The Morgan fingerprint density at radius 3 is 2.20 bits per heavy atom. The first-order chi connectivity index (χ1) is 9.32. The predicted molar refractivity (Wildman–Crippen MR) is 66.6 cm³/mol. The normalized spacial score (nSPS) is 10.9. The maximum atomic E-state index is 13.5. The molecule has 0 saturated heterocycles. The number of hydrogen-bond donors (Lipinski definition) is 1. The molecule has 0 atom stereocenters. The fraction of sp³-hybridized carbons (Fsp3) is 0.250. The second kappa shape index (κ2) is 5.32. The van der Waals surface area contributed by atoms with Gasteiger partial charge in [-0.15, -0.1) is 0 Å². The number of hydrogen-bond acceptors (Lipinski definition) is 2. The lowest BCUT2D eigenvalue weighted by Crippen LogP contribution is -2.08. The van der Waals surface area contributed by atoms with Crippen molar-refractivity contribution in [1.82, 2.24) is 9.78 Å². The molecule has 8 heteroatoms. The molecular formula is C12H10ClF4N3. The van der Waals surface area contributed by atoms with Crippen LogP contribution in [-0.4, -0.2) is 9.78 Å². The standard InChI is InChI=1S/C12H10ClF4N3/c1-5-6(12(13)20(2)19-5)4-18-11-9(16)7(14)3-8(15)10(11)17/h3,18H,4H2,1-2H3. The molecule has 0 saturated carbocycles. The number of nitrogens with one attached hydrogen (secondary N) is 1. The maximum absolute atomic E-state index is 13.5. The molecule has 108 valence electrons. The summed E-state index contributed by atoms with van der Waals surface area (Å²) in [4.78, 5) is 0. The zero-order valence-corrected chi connectivity index (χ0v) is 11.3. The maximum Gasteiger partial charge on any atom is 0.185 e. The Balaban J connectivity index is 2.32. The third-order valence-electron chi connectivity index (χ3n) is 2.82. The number of nitrogens with zero attached hydrogens (tertiary/aromatic N) is 2. The largest absolute Gasteiger partial charge is 0.376 e. The quantitative estimate of drug-likeness (QED) is 0.694. The highest BCUT2D eigenvalue weighted by atomic mass is 35.5. The van der Waals surface area contributed by atoms with E-state index >= 15 is 0 Å². The molecule has 1 N–H and O–H groups in total. The van der Waals surface area contributed by atoms with E-state index in [0.717, 1.165) is 0 Å². The number of anilines is 1. The minimum absolute atomic E-state index is 0.116. The summed E-state index contributed by atoms with van der Waals surface area (Å²) in [6, 6.07) is 0.151. The Hall–Kier alpha value is -1.76. The molecule has 0 aliphatic heterocycles. The third kappa shape index (κ3) is 2.45. The molecule has 1 heterocycles. The summed E-state index contributed by atoms with van der Waals surface area (Å²) in [5.74, 6) is -5.91. The Bertz CT molecular complexity index is 643. The van der Waals surface area contributed by atoms with Crippen LogP contribution in [0.2, 0.25) is 5.15 Å². The molecule has 0 spiro atoms. The Morgan fingerprint density at radius 1 is 1.20 bits per heavy atom. The summed E-state index contributed by atoms with van der Waals surface area (Å²) < 4.78 is 54.4. The first-order valence-corrected chi connectivity index (χ1v) is 5.95. The minimum Gasteiger partial charge on any atom is -0.376 e. The number of benzene rings is 1. The molecule has 0 bridgehead atoms. The predicted octanol–water partition coefficient (Wildman–Crippen LogP) is 3.55. The van der Waals surface area contributed by atoms with E-state index in [1.165, 1.54) is 4.68 Å². The van der Waals surface area contributed by atoms with Gasteiger partial charge < -0.3 is 5.32 Å². The minimum atomic E-state index is -1.48. The number of aromatic nitrogens is 2. The highest BCUT2D eigenvalue weighted by Gasteiger charge is 2.20. The lowest BCUT2D eigenvalue weighted by molar-refractivity contribution is 0.458. The topological polar surface area (TPSA) is 29.9 Å². The first-order valence-electron chi connectivity index (χ1n) is 5.57. The molecule has 3 nitrogen and oxygen atoms in total. The van der Waals surface area contributed by atoms with Crippen LogP contribution in [0, 0.1) is 30.2 Å². The van der Waals surface area contributed by atoms with E-state index < -0.39 is 29.0 Å². The molecule has 1 aromatic carbocycles. The van der Waals surface area contributed by atoms with Crippen molar-refractivity contribution in [3.63, 3.8) is 0 Å². The van der Waals surface area contributed by atoms with E-state index in [0.29, 0.717) is 11.3 Å². The lowest BCUT2D eigenvalue weighted by Gasteiger charge is -2.10. The van der Waals surface area contributed by atoms with E-state index in [-0.39, 0.29) is 17.8 Å². The van der Waals surface area contributed by atoms with Crippen LogP contribution >= 0.6 is 11.6 Å². The number of rotatable bonds is 3. The van der Waals surface area contributed by atoms with Crippen LogP contribution in [-0.2, 0) is 13.6 Å². The SMILES string of the molecule is Cc1nn(C)c(Cl)c1CNc1c(F)c(F)cc(F)c1F. The van der Waals surface area contributed by atoms with E-state index in [1.807, 2.05) is 0 Å². The molecule has 2 aromatic rings. The van der Waals surface area contributed by atoms with Gasteiger partial charge in [-0.3, -0.25) is 4.68 Å². The van der Waals surface area contributed by atoms with Crippen molar-refractivity contribution < 1.29 is 17.6 Å². The van der Waals surface area contributed by atoms with Gasteiger partial charge in [0.15, 0.2) is 23.3 Å². The van der Waals surface area contributed by atoms with Gasteiger partial charge in [0, 0.05) is 25.2 Å². The van der Waals surface area contributed by atoms with Crippen molar-refractivity contribution in [3.05, 3.63) is 45.7 Å². The van der Waals surface area contributed by atoms with Gasteiger partial charge in [-0.1, -0.05) is 11.6 Å². The van der Waals surface area contributed by atoms with Crippen molar-refractivity contribution in [1.29, 1.82) is 0 Å². The van der Waals surface area contributed by atoms with E-state index in [9.17, 15) is 17.6 Å². The molecule has 20 heavy (non-hydrogen) atoms. The molecule has 0 radical (unpaired) electrons. The molecule has 0 amide bonds. The average Bonchev–Trinajstić information content (AvgIpc) is 2.62. The van der Waals surface area contributed by atoms with Gasteiger partial charge in [-0.25, -0.2) is 17.6 Å². The van der Waals surface area contributed by atoms with Gasteiger partial charge >= 0.3 is 0 Å². The number of halogens is 5. The van der Waals surface area contributed by atoms with Crippen molar-refractivity contribution in [3.8, 4) is 0 Å². The van der Waals surface area contributed by atoms with Crippen LogP contribution in [0.15, 0.2) is 6.07 Å². The molecule has 0 aliphatic rings. The second-order valence-electron chi connectivity index (χ2n) is 4.18. The zero-order chi connectivity index (χ0) is 15.0. The Labute approximate surface area is 117 Å². The summed E-state index contributed by atoms with van der Waals surface area (Å²) in [5.41, 5.74) is 0.155. The van der Waals surface area contributed by atoms with Gasteiger partial charge in [-0.2, -0.15) is 5.10 Å². The van der Waals surface area contributed by atoms with E-state index in [4.69, 9.17) is 11.6 Å². The van der Waals surface area contributed by atoms with Gasteiger partial charge in [-0.05, 0) is 6.92 Å². The zero-order valence-electron chi connectivity index (χ0n) is 10.6.